The van der Waals surface area contributed by atoms with Crippen LogP contribution >= 0.6 is 0 Å². The van der Waals surface area contributed by atoms with Crippen molar-refractivity contribution in [1.82, 2.24) is 5.32 Å². The average Bonchev–Trinajstić information content (AvgIpc) is 2.14. The number of carboxylic acid groups (broad SMARTS) is 1. The predicted molar refractivity (Wildman–Crippen MR) is 63.3 cm³/mol. The number of alkyl halides is 3. The largest absolute Gasteiger partial charge is 0.481 e. The number of carbonyl (C=O) groups is 1. The van der Waals surface area contributed by atoms with Crippen molar-refractivity contribution in [3.63, 3.8) is 0 Å². The van der Waals surface area contributed by atoms with Crippen LogP contribution in [0.15, 0.2) is 0 Å². The molecule has 0 rings (SSSR count). The second kappa shape index (κ2) is 7.61. The Bertz CT molecular complexity index is 254. The average molecular weight is 269 g/mol. The summed E-state index contributed by atoms with van der Waals surface area (Å²) in [5.74, 6) is -3.59. The Morgan fingerprint density at radius 1 is 1.22 bits per heavy atom. The van der Waals surface area contributed by atoms with Gasteiger partial charge in [0, 0.05) is 12.6 Å². The minimum atomic E-state index is -4.70. The Labute approximate surface area is 106 Å². The number of nitrogens with one attached hydrogen (secondary N) is 1. The minimum absolute atomic E-state index is 0.104. The third-order valence-corrected chi connectivity index (χ3v) is 2.78. The highest BCUT2D eigenvalue weighted by Gasteiger charge is 2.44. The number of hydrogen-bond acceptors (Lipinski definition) is 2. The minimum Gasteiger partial charge on any atom is -0.481 e. The fraction of sp³-hybridized carbons (Fsp3) is 0.917. The van der Waals surface area contributed by atoms with E-state index >= 15 is 0 Å². The normalized spacial score (nSPS) is 15.7. The quantitative estimate of drug-likeness (QED) is 0.712. The molecule has 0 aromatic rings. The first kappa shape index (κ1) is 17.2. The highest BCUT2D eigenvalue weighted by Crippen LogP contribution is 2.26. The number of halogens is 3. The summed E-state index contributed by atoms with van der Waals surface area (Å²) < 4.78 is 37.1. The molecule has 0 spiro atoms. The number of carboxylic acids is 1. The molecule has 2 N–H and O–H groups in total. The molecule has 0 saturated heterocycles. The van der Waals surface area contributed by atoms with Gasteiger partial charge in [0.2, 0.25) is 0 Å². The fourth-order valence-corrected chi connectivity index (χ4v) is 1.60. The van der Waals surface area contributed by atoms with Crippen molar-refractivity contribution in [1.29, 1.82) is 0 Å². The van der Waals surface area contributed by atoms with Crippen LogP contribution in [0.1, 0.15) is 40.0 Å². The molecule has 0 bridgehead atoms. The topological polar surface area (TPSA) is 49.3 Å². The number of rotatable bonds is 8. The maximum Gasteiger partial charge on any atom is 0.403 e. The molecule has 0 aliphatic heterocycles. The maximum atomic E-state index is 12.4. The van der Waals surface area contributed by atoms with E-state index in [1.807, 2.05) is 0 Å². The van der Waals surface area contributed by atoms with Gasteiger partial charge in [-0.05, 0) is 19.3 Å². The molecule has 0 aromatic heterocycles. The summed E-state index contributed by atoms with van der Waals surface area (Å²) in [6.07, 6.45) is -2.00. The number of hydrogen-bond donors (Lipinski definition) is 2. The molecule has 0 fully saturated rings. The summed E-state index contributed by atoms with van der Waals surface area (Å²) in [4.78, 5) is 10.5. The van der Waals surface area contributed by atoms with Gasteiger partial charge in [-0.25, -0.2) is 0 Å². The summed E-state index contributed by atoms with van der Waals surface area (Å²) in [6.45, 7) is 5.38. The Balaban J connectivity index is 4.01. The Kier molecular flexibility index (Phi) is 7.28. The van der Waals surface area contributed by atoms with Crippen LogP contribution in [0, 0.1) is 11.8 Å². The molecule has 108 valence electrons. The zero-order chi connectivity index (χ0) is 14.3. The van der Waals surface area contributed by atoms with Crippen molar-refractivity contribution in [2.45, 2.75) is 52.3 Å². The molecule has 3 nitrogen and oxygen atoms in total. The van der Waals surface area contributed by atoms with Gasteiger partial charge in [-0.2, -0.15) is 13.2 Å². The molecule has 2 atom stereocenters. The van der Waals surface area contributed by atoms with Gasteiger partial charge in [-0.3, -0.25) is 4.79 Å². The van der Waals surface area contributed by atoms with Crippen molar-refractivity contribution >= 4 is 5.97 Å². The van der Waals surface area contributed by atoms with Gasteiger partial charge < -0.3 is 10.4 Å². The lowest BCUT2D eigenvalue weighted by Gasteiger charge is -2.20. The van der Waals surface area contributed by atoms with Gasteiger partial charge in [0.1, 0.15) is 0 Å². The van der Waals surface area contributed by atoms with E-state index in [4.69, 9.17) is 5.11 Å². The first-order chi connectivity index (χ1) is 8.14. The van der Waals surface area contributed by atoms with Gasteiger partial charge in [-0.15, -0.1) is 0 Å². The summed E-state index contributed by atoms with van der Waals surface area (Å²) in [6, 6.07) is -0.104. The molecular formula is C12H22F3NO2. The standard InChI is InChI=1S/C12H22F3NO2/c1-8(2)5-4-6-9(3)16-7-10(11(17)18)12(13,14)15/h8-10,16H,4-7H2,1-3H3,(H,17,18). The smallest absolute Gasteiger partial charge is 0.403 e. The van der Waals surface area contributed by atoms with Crippen LogP contribution in [-0.2, 0) is 4.79 Å². The molecule has 0 aliphatic rings. The van der Waals surface area contributed by atoms with Gasteiger partial charge >= 0.3 is 12.1 Å². The van der Waals surface area contributed by atoms with Crippen LogP contribution in [0.2, 0.25) is 0 Å². The Morgan fingerprint density at radius 3 is 2.17 bits per heavy atom. The van der Waals surface area contributed by atoms with Crippen molar-refractivity contribution in [2.24, 2.45) is 11.8 Å². The lowest BCUT2D eigenvalue weighted by Crippen LogP contribution is -2.41. The molecule has 0 aliphatic carbocycles. The molecule has 6 heteroatoms. The monoisotopic (exact) mass is 269 g/mol. The number of aliphatic carboxylic acids is 1. The first-order valence-electron chi connectivity index (χ1n) is 6.17. The van der Waals surface area contributed by atoms with Crippen LogP contribution < -0.4 is 5.32 Å². The highest BCUT2D eigenvalue weighted by atomic mass is 19.4. The molecular weight excluding hydrogens is 247 g/mol. The third kappa shape index (κ3) is 7.53. The summed E-state index contributed by atoms with van der Waals surface area (Å²) >= 11 is 0. The van der Waals surface area contributed by atoms with Crippen LogP contribution in [0.5, 0.6) is 0 Å². The SMILES string of the molecule is CC(C)CCCC(C)NCC(C(=O)O)C(F)(F)F. The third-order valence-electron chi connectivity index (χ3n) is 2.78. The van der Waals surface area contributed by atoms with Crippen molar-refractivity contribution in [3.05, 3.63) is 0 Å². The van der Waals surface area contributed by atoms with E-state index in [9.17, 15) is 18.0 Å². The fourth-order valence-electron chi connectivity index (χ4n) is 1.60. The van der Waals surface area contributed by atoms with E-state index in [1.165, 1.54) is 0 Å². The zero-order valence-electron chi connectivity index (χ0n) is 11.0. The van der Waals surface area contributed by atoms with Gasteiger partial charge in [0.05, 0.1) is 0 Å². The first-order valence-corrected chi connectivity index (χ1v) is 6.17. The maximum absolute atomic E-state index is 12.4. The van der Waals surface area contributed by atoms with Crippen LogP contribution in [0.25, 0.3) is 0 Å². The Hall–Kier alpha value is -0.780. The van der Waals surface area contributed by atoms with Crippen LogP contribution in [0.4, 0.5) is 13.2 Å². The van der Waals surface area contributed by atoms with E-state index < -0.39 is 24.6 Å². The van der Waals surface area contributed by atoms with Gasteiger partial charge in [0.25, 0.3) is 0 Å². The van der Waals surface area contributed by atoms with Crippen molar-refractivity contribution in [3.8, 4) is 0 Å². The second-order valence-corrected chi connectivity index (χ2v) is 5.07. The van der Waals surface area contributed by atoms with E-state index in [0.717, 1.165) is 19.3 Å². The van der Waals surface area contributed by atoms with E-state index in [-0.39, 0.29) is 6.04 Å². The zero-order valence-corrected chi connectivity index (χ0v) is 11.0. The molecule has 0 aromatic carbocycles. The van der Waals surface area contributed by atoms with Crippen LogP contribution in [-0.4, -0.2) is 29.8 Å². The van der Waals surface area contributed by atoms with Crippen molar-refractivity contribution < 1.29 is 23.1 Å². The molecule has 0 radical (unpaired) electrons. The van der Waals surface area contributed by atoms with E-state index in [2.05, 4.69) is 19.2 Å². The van der Waals surface area contributed by atoms with Gasteiger partial charge in [0.15, 0.2) is 5.92 Å². The summed E-state index contributed by atoms with van der Waals surface area (Å²) in [7, 11) is 0. The van der Waals surface area contributed by atoms with Crippen LogP contribution in [0.3, 0.4) is 0 Å². The van der Waals surface area contributed by atoms with Gasteiger partial charge in [-0.1, -0.05) is 26.7 Å². The molecule has 2 unspecified atom stereocenters. The molecule has 0 saturated carbocycles. The summed E-state index contributed by atoms with van der Waals surface area (Å²) in [5, 5.41) is 11.2. The van der Waals surface area contributed by atoms with E-state index in [0.29, 0.717) is 5.92 Å². The predicted octanol–water partition coefficient (Wildman–Crippen LogP) is 3.05. The van der Waals surface area contributed by atoms with Crippen molar-refractivity contribution in [2.75, 3.05) is 6.54 Å². The lowest BCUT2D eigenvalue weighted by atomic mass is 10.0. The summed E-state index contributed by atoms with van der Waals surface area (Å²) in [5.41, 5.74) is 0. The second-order valence-electron chi connectivity index (χ2n) is 5.07. The highest BCUT2D eigenvalue weighted by molar-refractivity contribution is 5.71. The molecule has 0 heterocycles. The molecule has 18 heavy (non-hydrogen) atoms. The molecule has 0 amide bonds. The van der Waals surface area contributed by atoms with E-state index in [1.54, 1.807) is 6.92 Å². The Morgan fingerprint density at radius 2 is 1.78 bits per heavy atom. The lowest BCUT2D eigenvalue weighted by molar-refractivity contribution is -0.192.